The number of fused-ring (bicyclic) bond motifs is 1. The van der Waals surface area contributed by atoms with Gasteiger partial charge in [-0.1, -0.05) is 17.7 Å². The second-order valence-corrected chi connectivity index (χ2v) is 9.15. The van der Waals surface area contributed by atoms with Crippen LogP contribution in [0.5, 0.6) is 0 Å². The number of carbonyl (C=O) groups excluding carboxylic acids is 1. The topological polar surface area (TPSA) is 66.5 Å². The van der Waals surface area contributed by atoms with Crippen LogP contribution in [-0.4, -0.2) is 32.3 Å². The van der Waals surface area contributed by atoms with Gasteiger partial charge in [-0.25, -0.2) is 13.1 Å². The van der Waals surface area contributed by atoms with E-state index in [1.807, 2.05) is 18.4 Å². The smallest absolute Gasteiger partial charge is 0.254 e. The molecular weight excluding hydrogens is 392 g/mol. The van der Waals surface area contributed by atoms with Gasteiger partial charge in [0.2, 0.25) is 10.0 Å². The van der Waals surface area contributed by atoms with E-state index in [0.717, 1.165) is 12.0 Å². The zero-order valence-corrected chi connectivity index (χ0v) is 16.6. The Kier molecular flexibility index (Phi) is 5.53. The summed E-state index contributed by atoms with van der Waals surface area (Å²) in [5.74, 6) is -0.203. The molecule has 1 amide bonds. The molecule has 8 heteroatoms. The van der Waals surface area contributed by atoms with E-state index in [2.05, 4.69) is 11.3 Å². The number of nitrogens with one attached hydrogen (secondary N) is 1. The standard InChI is InChI=1S/C18H19ClN2O3S2/c1-3-8-20-26(23,24)17-11-13(4-5-15(17)19)18(22)21-9-6-16-14(12(21)2)7-10-25-16/h3-5,7,10-12,20H,1,6,8-9H2,2H3/t12-/m0/s1. The maximum atomic E-state index is 13.0. The first-order chi connectivity index (χ1) is 12.3. The Bertz CT molecular complexity index is 953. The Hall–Kier alpha value is -1.67. The quantitative estimate of drug-likeness (QED) is 0.765. The number of hydrogen-bond donors (Lipinski definition) is 1. The summed E-state index contributed by atoms with van der Waals surface area (Å²) in [4.78, 5) is 16.0. The number of rotatable bonds is 5. The number of thiophene rings is 1. The largest absolute Gasteiger partial charge is 0.331 e. The minimum atomic E-state index is -3.82. The van der Waals surface area contributed by atoms with E-state index in [1.54, 1.807) is 22.3 Å². The Morgan fingerprint density at radius 1 is 1.46 bits per heavy atom. The number of halogens is 1. The first-order valence-corrected chi connectivity index (χ1v) is 10.9. The maximum Gasteiger partial charge on any atom is 0.254 e. The highest BCUT2D eigenvalue weighted by Crippen LogP contribution is 2.34. The molecule has 0 spiro atoms. The summed E-state index contributed by atoms with van der Waals surface area (Å²) < 4.78 is 27.2. The summed E-state index contributed by atoms with van der Waals surface area (Å²) in [7, 11) is -3.82. The summed E-state index contributed by atoms with van der Waals surface area (Å²) in [6.45, 7) is 6.17. The molecule has 1 N–H and O–H groups in total. The first kappa shape index (κ1) is 19.1. The van der Waals surface area contributed by atoms with Crippen LogP contribution in [0.15, 0.2) is 47.2 Å². The Morgan fingerprint density at radius 3 is 2.96 bits per heavy atom. The Balaban J connectivity index is 1.92. The molecule has 3 rings (SSSR count). The molecule has 1 aliphatic heterocycles. The van der Waals surface area contributed by atoms with Crippen molar-refractivity contribution >= 4 is 38.9 Å². The van der Waals surface area contributed by atoms with Gasteiger partial charge in [0.25, 0.3) is 5.91 Å². The molecule has 0 bridgehead atoms. The van der Waals surface area contributed by atoms with Crippen LogP contribution >= 0.6 is 22.9 Å². The number of benzene rings is 1. The van der Waals surface area contributed by atoms with Crippen molar-refractivity contribution in [3.8, 4) is 0 Å². The molecule has 0 saturated carbocycles. The molecule has 5 nitrogen and oxygen atoms in total. The van der Waals surface area contributed by atoms with Crippen molar-refractivity contribution in [3.05, 3.63) is 63.3 Å². The lowest BCUT2D eigenvalue weighted by Gasteiger charge is -2.33. The van der Waals surface area contributed by atoms with Crippen molar-refractivity contribution in [1.29, 1.82) is 0 Å². The Labute approximate surface area is 162 Å². The number of sulfonamides is 1. The fourth-order valence-electron chi connectivity index (χ4n) is 3.04. The van der Waals surface area contributed by atoms with E-state index < -0.39 is 10.0 Å². The van der Waals surface area contributed by atoms with Gasteiger partial charge in [0.05, 0.1) is 11.1 Å². The molecule has 0 aliphatic carbocycles. The molecule has 1 aliphatic rings. The molecule has 2 aromatic rings. The minimum Gasteiger partial charge on any atom is -0.331 e. The molecular formula is C18H19ClN2O3S2. The molecule has 2 heterocycles. The van der Waals surface area contributed by atoms with Crippen molar-refractivity contribution < 1.29 is 13.2 Å². The summed E-state index contributed by atoms with van der Waals surface area (Å²) in [6.07, 6.45) is 2.25. The van der Waals surface area contributed by atoms with Gasteiger partial charge >= 0.3 is 0 Å². The van der Waals surface area contributed by atoms with Crippen LogP contribution in [-0.2, 0) is 16.4 Å². The zero-order valence-electron chi connectivity index (χ0n) is 14.2. The monoisotopic (exact) mass is 410 g/mol. The van der Waals surface area contributed by atoms with Gasteiger partial charge in [-0.3, -0.25) is 4.79 Å². The van der Waals surface area contributed by atoms with Crippen molar-refractivity contribution in [2.45, 2.75) is 24.3 Å². The zero-order chi connectivity index (χ0) is 18.9. The summed E-state index contributed by atoms with van der Waals surface area (Å²) in [5, 5.41) is 2.11. The van der Waals surface area contributed by atoms with Crippen LogP contribution < -0.4 is 4.72 Å². The lowest BCUT2D eigenvalue weighted by atomic mass is 10.0. The van der Waals surface area contributed by atoms with Crippen LogP contribution in [0.25, 0.3) is 0 Å². The van der Waals surface area contributed by atoms with Gasteiger partial charge in [0, 0.05) is 23.5 Å². The number of hydrogen-bond acceptors (Lipinski definition) is 4. The number of amides is 1. The van der Waals surface area contributed by atoms with Crippen LogP contribution in [0.3, 0.4) is 0 Å². The molecule has 26 heavy (non-hydrogen) atoms. The summed E-state index contributed by atoms with van der Waals surface area (Å²) in [6, 6.07) is 6.34. The second kappa shape index (κ2) is 7.52. The third-order valence-corrected chi connectivity index (χ3v) is 7.33. The lowest BCUT2D eigenvalue weighted by molar-refractivity contribution is 0.0679. The fraction of sp³-hybridized carbons (Fsp3) is 0.278. The summed E-state index contributed by atoms with van der Waals surface area (Å²) >= 11 is 7.77. The number of nitrogens with zero attached hydrogens (tertiary/aromatic N) is 1. The average molecular weight is 411 g/mol. The van der Waals surface area contributed by atoms with Gasteiger partial charge < -0.3 is 4.90 Å². The first-order valence-electron chi connectivity index (χ1n) is 8.12. The van der Waals surface area contributed by atoms with E-state index >= 15 is 0 Å². The van der Waals surface area contributed by atoms with E-state index in [1.165, 1.54) is 23.1 Å². The fourth-order valence-corrected chi connectivity index (χ4v) is 5.53. The minimum absolute atomic E-state index is 0.0490. The normalized spacial score (nSPS) is 17.0. The molecule has 0 saturated heterocycles. The second-order valence-electron chi connectivity index (χ2n) is 6.01. The van der Waals surface area contributed by atoms with Gasteiger partial charge in [-0.05, 0) is 48.6 Å². The third kappa shape index (κ3) is 3.57. The van der Waals surface area contributed by atoms with Crippen LogP contribution in [0.4, 0.5) is 0 Å². The molecule has 0 unspecified atom stereocenters. The highest BCUT2D eigenvalue weighted by atomic mass is 35.5. The number of carbonyl (C=O) groups is 1. The van der Waals surface area contributed by atoms with Crippen molar-refractivity contribution in [2.75, 3.05) is 13.1 Å². The third-order valence-electron chi connectivity index (χ3n) is 4.42. The van der Waals surface area contributed by atoms with E-state index in [9.17, 15) is 13.2 Å². The SMILES string of the molecule is C=CCNS(=O)(=O)c1cc(C(=O)N2CCc3sccc3[C@@H]2C)ccc1Cl. The van der Waals surface area contributed by atoms with Gasteiger partial charge in [0.1, 0.15) is 4.90 Å². The van der Waals surface area contributed by atoms with Gasteiger partial charge in [-0.2, -0.15) is 0 Å². The van der Waals surface area contributed by atoms with Crippen molar-refractivity contribution in [2.24, 2.45) is 0 Å². The van der Waals surface area contributed by atoms with Crippen molar-refractivity contribution in [1.82, 2.24) is 9.62 Å². The van der Waals surface area contributed by atoms with Crippen LogP contribution in [0.2, 0.25) is 5.02 Å². The van der Waals surface area contributed by atoms with E-state index in [4.69, 9.17) is 11.6 Å². The van der Waals surface area contributed by atoms with E-state index in [-0.39, 0.29) is 28.4 Å². The molecule has 0 fully saturated rings. The lowest BCUT2D eigenvalue weighted by Crippen LogP contribution is -2.38. The summed E-state index contributed by atoms with van der Waals surface area (Å²) in [5.41, 5.74) is 1.46. The molecule has 1 aromatic heterocycles. The predicted octanol–water partition coefficient (Wildman–Crippen LogP) is 3.63. The molecule has 0 radical (unpaired) electrons. The highest BCUT2D eigenvalue weighted by molar-refractivity contribution is 7.89. The predicted molar refractivity (Wildman–Crippen MR) is 104 cm³/mol. The molecule has 138 valence electrons. The Morgan fingerprint density at radius 2 is 2.23 bits per heavy atom. The molecule has 1 atom stereocenters. The van der Waals surface area contributed by atoms with Crippen molar-refractivity contribution in [3.63, 3.8) is 0 Å². The van der Waals surface area contributed by atoms with Crippen LogP contribution in [0, 0.1) is 0 Å². The molecule has 1 aromatic carbocycles. The highest BCUT2D eigenvalue weighted by Gasteiger charge is 2.30. The average Bonchev–Trinajstić information content (AvgIpc) is 3.10. The van der Waals surface area contributed by atoms with Crippen LogP contribution in [0.1, 0.15) is 33.8 Å². The van der Waals surface area contributed by atoms with Gasteiger partial charge in [0.15, 0.2) is 0 Å². The van der Waals surface area contributed by atoms with Gasteiger partial charge in [-0.15, -0.1) is 17.9 Å². The van der Waals surface area contributed by atoms with E-state index in [0.29, 0.717) is 12.1 Å². The maximum absolute atomic E-state index is 13.0.